The average Bonchev–Trinajstić information content (AvgIpc) is 2.53. The SMILES string of the molecule is O=C(O)CCC(=O)OC[O+]1C(=O)CCC1=O. The van der Waals surface area contributed by atoms with Crippen molar-refractivity contribution in [2.24, 2.45) is 0 Å². The molecule has 0 bridgehead atoms. The second-order valence-corrected chi connectivity index (χ2v) is 3.16. The minimum Gasteiger partial charge on any atom is -0.481 e. The molecule has 7 heteroatoms. The highest BCUT2D eigenvalue weighted by Crippen LogP contribution is 2.16. The van der Waals surface area contributed by atoms with Gasteiger partial charge in [0.2, 0.25) is 0 Å². The summed E-state index contributed by atoms with van der Waals surface area (Å²) in [5, 5.41) is 8.29. The predicted molar refractivity (Wildman–Crippen MR) is 48.2 cm³/mol. The number of carbonyl (C=O) groups excluding carboxylic acids is 3. The Hall–Kier alpha value is -1.92. The van der Waals surface area contributed by atoms with Crippen molar-refractivity contribution in [2.75, 3.05) is 6.79 Å². The van der Waals surface area contributed by atoms with Crippen LogP contribution in [0.4, 0.5) is 0 Å². The van der Waals surface area contributed by atoms with E-state index in [0.717, 1.165) is 0 Å². The van der Waals surface area contributed by atoms with Crippen molar-refractivity contribution in [3.05, 3.63) is 0 Å². The number of carbonyl (C=O) groups is 4. The Balaban J connectivity index is 2.28. The Morgan fingerprint density at radius 2 is 1.75 bits per heavy atom. The molecule has 1 fully saturated rings. The number of ether oxygens (including phenoxy) is 1. The van der Waals surface area contributed by atoms with E-state index in [-0.39, 0.29) is 25.7 Å². The Labute approximate surface area is 90.6 Å². The van der Waals surface area contributed by atoms with Crippen molar-refractivity contribution in [1.82, 2.24) is 0 Å². The van der Waals surface area contributed by atoms with Gasteiger partial charge in [0.1, 0.15) is 0 Å². The first-order chi connectivity index (χ1) is 7.50. The van der Waals surface area contributed by atoms with Crippen LogP contribution in [0.15, 0.2) is 0 Å². The van der Waals surface area contributed by atoms with E-state index in [9.17, 15) is 19.2 Å². The molecule has 1 aliphatic rings. The Morgan fingerprint density at radius 3 is 2.25 bits per heavy atom. The number of rotatable bonds is 5. The normalized spacial score (nSPS) is 15.4. The van der Waals surface area contributed by atoms with Crippen molar-refractivity contribution in [2.45, 2.75) is 25.7 Å². The summed E-state index contributed by atoms with van der Waals surface area (Å²) in [4.78, 5) is 43.2. The van der Waals surface area contributed by atoms with E-state index in [1.54, 1.807) is 4.37 Å². The smallest absolute Gasteiger partial charge is 0.448 e. The van der Waals surface area contributed by atoms with Crippen LogP contribution in [-0.2, 0) is 28.3 Å². The fraction of sp³-hybridized carbons (Fsp3) is 0.556. The largest absolute Gasteiger partial charge is 0.481 e. The zero-order chi connectivity index (χ0) is 12.1. The first-order valence-electron chi connectivity index (χ1n) is 4.64. The monoisotopic (exact) mass is 231 g/mol. The Kier molecular flexibility index (Phi) is 3.98. The molecule has 0 radical (unpaired) electrons. The molecule has 0 aromatic carbocycles. The van der Waals surface area contributed by atoms with Gasteiger partial charge in [-0.3, -0.25) is 9.59 Å². The molecule has 16 heavy (non-hydrogen) atoms. The summed E-state index contributed by atoms with van der Waals surface area (Å²) in [6.07, 6.45) is -0.441. The van der Waals surface area contributed by atoms with E-state index in [2.05, 4.69) is 4.74 Å². The molecule has 7 nitrogen and oxygen atoms in total. The van der Waals surface area contributed by atoms with E-state index in [1.165, 1.54) is 0 Å². The van der Waals surface area contributed by atoms with Crippen LogP contribution in [0.2, 0.25) is 0 Å². The Bertz CT molecular complexity index is 317. The van der Waals surface area contributed by atoms with Gasteiger partial charge in [0.15, 0.2) is 0 Å². The molecule has 1 heterocycles. The first kappa shape index (κ1) is 12.2. The summed E-state index contributed by atoms with van der Waals surface area (Å²) < 4.78 is 6.25. The third-order valence-electron chi connectivity index (χ3n) is 1.96. The third-order valence-corrected chi connectivity index (χ3v) is 1.96. The number of carboxylic acids is 1. The summed E-state index contributed by atoms with van der Waals surface area (Å²) >= 11 is 0. The quantitative estimate of drug-likeness (QED) is 0.398. The van der Waals surface area contributed by atoms with Crippen LogP contribution >= 0.6 is 0 Å². The van der Waals surface area contributed by atoms with Crippen LogP contribution in [0, 0.1) is 0 Å². The van der Waals surface area contributed by atoms with Gasteiger partial charge in [0.25, 0.3) is 6.79 Å². The molecule has 0 aliphatic carbocycles. The third kappa shape index (κ3) is 3.34. The van der Waals surface area contributed by atoms with E-state index in [4.69, 9.17) is 5.11 Å². The van der Waals surface area contributed by atoms with Crippen LogP contribution in [0.3, 0.4) is 0 Å². The molecule has 1 N–H and O–H groups in total. The topological polar surface area (TPSA) is 100 Å². The molecule has 1 aliphatic heterocycles. The summed E-state index contributed by atoms with van der Waals surface area (Å²) in [5.74, 6) is -2.80. The molecule has 0 amide bonds. The lowest BCUT2D eigenvalue weighted by Gasteiger charge is -2.13. The van der Waals surface area contributed by atoms with Gasteiger partial charge in [-0.05, 0) is 0 Å². The zero-order valence-corrected chi connectivity index (χ0v) is 8.43. The highest BCUT2D eigenvalue weighted by molar-refractivity contribution is 5.95. The molecule has 1 rings (SSSR count). The molecule has 0 unspecified atom stereocenters. The fourth-order valence-electron chi connectivity index (χ4n) is 1.11. The van der Waals surface area contributed by atoms with E-state index < -0.39 is 30.7 Å². The lowest BCUT2D eigenvalue weighted by molar-refractivity contribution is -0.213. The molecule has 0 saturated carbocycles. The highest BCUT2D eigenvalue weighted by atomic mass is 16.8. The van der Waals surface area contributed by atoms with Gasteiger partial charge in [0.05, 0.1) is 25.7 Å². The van der Waals surface area contributed by atoms with E-state index in [1.807, 2.05) is 0 Å². The fourth-order valence-corrected chi connectivity index (χ4v) is 1.11. The lowest BCUT2D eigenvalue weighted by atomic mass is 10.3. The maximum absolute atomic E-state index is 11.0. The van der Waals surface area contributed by atoms with Crippen molar-refractivity contribution < 1.29 is 33.4 Å². The van der Waals surface area contributed by atoms with Crippen LogP contribution in [0.25, 0.3) is 0 Å². The number of carboxylic acid groups (broad SMARTS) is 1. The molecule has 0 aromatic heterocycles. The highest BCUT2D eigenvalue weighted by Gasteiger charge is 2.37. The van der Waals surface area contributed by atoms with Gasteiger partial charge in [0, 0.05) is 0 Å². The summed E-state index contributed by atoms with van der Waals surface area (Å²) in [5.41, 5.74) is 0. The van der Waals surface area contributed by atoms with Crippen LogP contribution in [-0.4, -0.2) is 35.8 Å². The summed E-state index contributed by atoms with van der Waals surface area (Å²) in [6.45, 7) is -0.504. The molecule has 0 aromatic rings. The van der Waals surface area contributed by atoms with Crippen LogP contribution in [0.5, 0.6) is 0 Å². The summed E-state index contributed by atoms with van der Waals surface area (Å²) in [6, 6.07) is 0. The first-order valence-corrected chi connectivity index (χ1v) is 4.64. The maximum Gasteiger partial charge on any atom is 0.448 e. The zero-order valence-electron chi connectivity index (χ0n) is 8.43. The van der Waals surface area contributed by atoms with Crippen LogP contribution < -0.4 is 0 Å². The average molecular weight is 231 g/mol. The predicted octanol–water partition coefficient (Wildman–Crippen LogP) is -0.249. The van der Waals surface area contributed by atoms with Gasteiger partial charge < -0.3 is 14.2 Å². The minimum absolute atomic E-state index is 0.0934. The maximum atomic E-state index is 11.0. The number of esters is 1. The number of aliphatic carboxylic acids is 1. The molecular weight excluding hydrogens is 220 g/mol. The molecule has 0 atom stereocenters. The van der Waals surface area contributed by atoms with Gasteiger partial charge >= 0.3 is 23.9 Å². The van der Waals surface area contributed by atoms with E-state index >= 15 is 0 Å². The molecule has 88 valence electrons. The van der Waals surface area contributed by atoms with Crippen molar-refractivity contribution in [1.29, 1.82) is 0 Å². The van der Waals surface area contributed by atoms with E-state index in [0.29, 0.717) is 0 Å². The number of hydrogen-bond donors (Lipinski definition) is 1. The van der Waals surface area contributed by atoms with Gasteiger partial charge in [-0.25, -0.2) is 0 Å². The second kappa shape index (κ2) is 5.24. The van der Waals surface area contributed by atoms with Gasteiger partial charge in [-0.15, -0.1) is 0 Å². The van der Waals surface area contributed by atoms with Gasteiger partial charge in [-0.1, -0.05) is 9.59 Å². The number of cyclic esters (lactones) is 2. The molecule has 0 spiro atoms. The van der Waals surface area contributed by atoms with Crippen molar-refractivity contribution >= 4 is 23.9 Å². The molecule has 1 saturated heterocycles. The second-order valence-electron chi connectivity index (χ2n) is 3.16. The molecular formula is C9H11O7+. The van der Waals surface area contributed by atoms with Crippen molar-refractivity contribution in [3.63, 3.8) is 0 Å². The standard InChI is InChI=1S/C9H10O7/c10-6(11)1-2-7(12)15-5-16-8(13)3-4-9(16)14/h1-5H2/p+1. The van der Waals surface area contributed by atoms with Crippen LogP contribution in [0.1, 0.15) is 25.7 Å². The Morgan fingerprint density at radius 1 is 1.19 bits per heavy atom. The number of hydrogen-bond acceptors (Lipinski definition) is 5. The van der Waals surface area contributed by atoms with Gasteiger partial charge in [-0.2, -0.15) is 0 Å². The summed E-state index contributed by atoms with van der Waals surface area (Å²) in [7, 11) is 0. The van der Waals surface area contributed by atoms with Crippen molar-refractivity contribution in [3.8, 4) is 0 Å². The lowest BCUT2D eigenvalue weighted by Crippen LogP contribution is -2.24. The minimum atomic E-state index is -1.11.